The van der Waals surface area contributed by atoms with E-state index in [1.807, 2.05) is 76.2 Å². The van der Waals surface area contributed by atoms with Crippen molar-refractivity contribution in [2.24, 2.45) is 0 Å². The van der Waals surface area contributed by atoms with Crippen molar-refractivity contribution in [1.29, 1.82) is 0 Å². The first kappa shape index (κ1) is 24.8. The van der Waals surface area contributed by atoms with Crippen molar-refractivity contribution in [2.75, 3.05) is 10.6 Å². The van der Waals surface area contributed by atoms with Crippen LogP contribution in [0.2, 0.25) is 0 Å². The fourth-order valence-electron chi connectivity index (χ4n) is 3.29. The van der Waals surface area contributed by atoms with Crippen molar-refractivity contribution in [1.82, 2.24) is 0 Å². The van der Waals surface area contributed by atoms with Gasteiger partial charge in [0.05, 0.1) is 0 Å². The van der Waals surface area contributed by atoms with Crippen LogP contribution >= 0.6 is 0 Å². The van der Waals surface area contributed by atoms with Gasteiger partial charge < -0.3 is 20.1 Å². The quantitative estimate of drug-likeness (QED) is 0.395. The maximum Gasteiger partial charge on any atom is 0.265 e. The zero-order chi connectivity index (χ0) is 24.5. The molecule has 0 fully saturated rings. The number of carbonyl (C=O) groups is 2. The molecular weight excluding hydrogens is 428 g/mol. The Hall–Kier alpha value is -3.80. The third kappa shape index (κ3) is 7.10. The molecule has 0 aliphatic carbocycles. The second kappa shape index (κ2) is 11.9. The second-order valence-corrected chi connectivity index (χ2v) is 8.21. The highest BCUT2D eigenvalue weighted by molar-refractivity contribution is 5.96. The molecule has 0 aliphatic heterocycles. The summed E-state index contributed by atoms with van der Waals surface area (Å²) in [5, 5.41) is 5.75. The lowest BCUT2D eigenvalue weighted by atomic mass is 10.2. The largest absolute Gasteiger partial charge is 0.481 e. The Balaban J connectivity index is 1.55. The minimum absolute atomic E-state index is 0.225. The summed E-state index contributed by atoms with van der Waals surface area (Å²) in [4.78, 5) is 25.4. The number of hydrogen-bond acceptors (Lipinski definition) is 4. The summed E-state index contributed by atoms with van der Waals surface area (Å²) < 4.78 is 11.7. The van der Waals surface area contributed by atoms with Gasteiger partial charge >= 0.3 is 0 Å². The van der Waals surface area contributed by atoms with Gasteiger partial charge in [-0.1, -0.05) is 49.2 Å². The van der Waals surface area contributed by atoms with E-state index < -0.39 is 12.2 Å². The Morgan fingerprint density at radius 1 is 0.618 bits per heavy atom. The summed E-state index contributed by atoms with van der Waals surface area (Å²) in [5.74, 6) is 0.864. The van der Waals surface area contributed by atoms with Gasteiger partial charge in [-0.15, -0.1) is 0 Å². The Kier molecular flexibility index (Phi) is 8.68. The zero-order valence-corrected chi connectivity index (χ0v) is 20.1. The van der Waals surface area contributed by atoms with E-state index >= 15 is 0 Å². The van der Waals surface area contributed by atoms with Crippen LogP contribution in [0.1, 0.15) is 37.8 Å². The van der Waals surface area contributed by atoms with Gasteiger partial charge in [0.1, 0.15) is 11.5 Å². The molecular formula is C28H32N2O4. The van der Waals surface area contributed by atoms with Crippen LogP contribution in [0.3, 0.4) is 0 Å². The summed E-state index contributed by atoms with van der Waals surface area (Å²) in [5.41, 5.74) is 3.50. The number of benzene rings is 3. The maximum atomic E-state index is 12.7. The van der Waals surface area contributed by atoms with Crippen molar-refractivity contribution in [3.8, 4) is 11.5 Å². The SMILES string of the molecule is CC[C@H](Oc1ccc(C)cc1)C(=O)Nc1ccc(NC(=O)[C@@H](CC)Oc2ccc(C)cc2)cc1. The molecule has 6 heteroatoms. The summed E-state index contributed by atoms with van der Waals surface area (Å²) in [7, 11) is 0. The molecule has 178 valence electrons. The van der Waals surface area contributed by atoms with Crippen LogP contribution in [0, 0.1) is 13.8 Å². The van der Waals surface area contributed by atoms with Gasteiger partial charge in [-0.3, -0.25) is 9.59 Å². The average molecular weight is 461 g/mol. The van der Waals surface area contributed by atoms with Crippen molar-refractivity contribution in [3.05, 3.63) is 83.9 Å². The molecule has 3 aromatic carbocycles. The van der Waals surface area contributed by atoms with E-state index in [1.54, 1.807) is 24.3 Å². The molecule has 0 saturated heterocycles. The Morgan fingerprint density at radius 2 is 0.941 bits per heavy atom. The van der Waals surface area contributed by atoms with Crippen molar-refractivity contribution < 1.29 is 19.1 Å². The van der Waals surface area contributed by atoms with Gasteiger partial charge in [-0.25, -0.2) is 0 Å². The first-order chi connectivity index (χ1) is 16.4. The molecule has 0 aliphatic rings. The van der Waals surface area contributed by atoms with Crippen LogP contribution < -0.4 is 20.1 Å². The predicted molar refractivity (Wildman–Crippen MR) is 135 cm³/mol. The van der Waals surface area contributed by atoms with E-state index in [2.05, 4.69) is 10.6 Å². The molecule has 0 radical (unpaired) electrons. The molecule has 0 spiro atoms. The molecule has 3 aromatic rings. The van der Waals surface area contributed by atoms with Crippen molar-refractivity contribution >= 4 is 23.2 Å². The number of amides is 2. The lowest BCUT2D eigenvalue weighted by Gasteiger charge is -2.18. The average Bonchev–Trinajstić information content (AvgIpc) is 2.84. The van der Waals surface area contributed by atoms with Crippen molar-refractivity contribution in [3.63, 3.8) is 0 Å². The molecule has 0 heterocycles. The molecule has 3 rings (SSSR count). The normalized spacial score (nSPS) is 12.4. The first-order valence-electron chi connectivity index (χ1n) is 11.6. The van der Waals surface area contributed by atoms with Crippen LogP contribution in [0.4, 0.5) is 11.4 Å². The topological polar surface area (TPSA) is 76.7 Å². The van der Waals surface area contributed by atoms with Gasteiger partial charge in [0, 0.05) is 11.4 Å². The fraction of sp³-hybridized carbons (Fsp3) is 0.286. The predicted octanol–water partition coefficient (Wildman–Crippen LogP) is 5.90. The zero-order valence-electron chi connectivity index (χ0n) is 20.1. The van der Waals surface area contributed by atoms with Crippen LogP contribution in [0.15, 0.2) is 72.8 Å². The highest BCUT2D eigenvalue weighted by atomic mass is 16.5. The standard InChI is InChI=1S/C28H32N2O4/c1-5-25(33-23-15-7-19(3)8-16-23)27(31)29-21-11-13-22(14-12-21)30-28(32)26(6-2)34-24-17-9-20(4)10-18-24/h7-18,25-26H,5-6H2,1-4H3,(H,29,31)(H,30,32)/t25-,26+. The van der Waals surface area contributed by atoms with Gasteiger partial charge in [-0.05, 0) is 75.2 Å². The van der Waals surface area contributed by atoms with Crippen LogP contribution in [-0.4, -0.2) is 24.0 Å². The van der Waals surface area contributed by atoms with Gasteiger partial charge in [0.15, 0.2) is 12.2 Å². The summed E-state index contributed by atoms with van der Waals surface area (Å²) >= 11 is 0. The maximum absolute atomic E-state index is 12.7. The summed E-state index contributed by atoms with van der Waals surface area (Å²) in [6, 6.07) is 22.2. The number of nitrogens with one attached hydrogen (secondary N) is 2. The number of ether oxygens (including phenoxy) is 2. The minimum Gasteiger partial charge on any atom is -0.481 e. The fourth-order valence-corrected chi connectivity index (χ4v) is 3.29. The number of carbonyl (C=O) groups excluding carboxylic acids is 2. The smallest absolute Gasteiger partial charge is 0.265 e. The number of hydrogen-bond donors (Lipinski definition) is 2. The van der Waals surface area contributed by atoms with E-state index in [4.69, 9.17) is 9.47 Å². The Labute approximate surface area is 201 Å². The lowest BCUT2D eigenvalue weighted by molar-refractivity contribution is -0.123. The first-order valence-corrected chi connectivity index (χ1v) is 11.6. The van der Waals surface area contributed by atoms with E-state index in [0.717, 1.165) is 11.1 Å². The molecule has 0 aromatic heterocycles. The third-order valence-electron chi connectivity index (χ3n) is 5.35. The number of rotatable bonds is 10. The molecule has 34 heavy (non-hydrogen) atoms. The van der Waals surface area contributed by atoms with Crippen LogP contribution in [0.5, 0.6) is 11.5 Å². The van der Waals surface area contributed by atoms with E-state index in [9.17, 15) is 9.59 Å². The molecule has 0 unspecified atom stereocenters. The highest BCUT2D eigenvalue weighted by Gasteiger charge is 2.20. The van der Waals surface area contributed by atoms with E-state index in [0.29, 0.717) is 35.7 Å². The Bertz CT molecular complexity index is 988. The molecule has 2 atom stereocenters. The van der Waals surface area contributed by atoms with Crippen molar-refractivity contribution in [2.45, 2.75) is 52.7 Å². The minimum atomic E-state index is -0.605. The molecule has 0 bridgehead atoms. The van der Waals surface area contributed by atoms with Gasteiger partial charge in [-0.2, -0.15) is 0 Å². The summed E-state index contributed by atoms with van der Waals surface area (Å²) in [6.07, 6.45) is -0.141. The monoisotopic (exact) mass is 460 g/mol. The Morgan fingerprint density at radius 3 is 1.24 bits per heavy atom. The van der Waals surface area contributed by atoms with E-state index in [1.165, 1.54) is 0 Å². The van der Waals surface area contributed by atoms with Gasteiger partial charge in [0.2, 0.25) is 0 Å². The number of anilines is 2. The lowest BCUT2D eigenvalue weighted by Crippen LogP contribution is -2.32. The molecule has 6 nitrogen and oxygen atoms in total. The highest BCUT2D eigenvalue weighted by Crippen LogP contribution is 2.19. The second-order valence-electron chi connectivity index (χ2n) is 8.21. The van der Waals surface area contributed by atoms with Crippen LogP contribution in [-0.2, 0) is 9.59 Å². The van der Waals surface area contributed by atoms with E-state index in [-0.39, 0.29) is 11.8 Å². The number of aryl methyl sites for hydroxylation is 2. The molecule has 2 N–H and O–H groups in total. The third-order valence-corrected chi connectivity index (χ3v) is 5.35. The molecule has 2 amide bonds. The molecule has 0 saturated carbocycles. The summed E-state index contributed by atoms with van der Waals surface area (Å²) in [6.45, 7) is 7.80. The van der Waals surface area contributed by atoms with Crippen LogP contribution in [0.25, 0.3) is 0 Å². The van der Waals surface area contributed by atoms with Gasteiger partial charge in [0.25, 0.3) is 11.8 Å².